The number of benzene rings is 2. The summed E-state index contributed by atoms with van der Waals surface area (Å²) in [6, 6.07) is 10.4. The zero-order valence-electron chi connectivity index (χ0n) is 28.4. The first-order valence-corrected chi connectivity index (χ1v) is 15.9. The topological polar surface area (TPSA) is 232 Å². The molecule has 2 aromatic rings. The predicted octanol–water partition coefficient (Wildman–Crippen LogP) is -1.73. The molecular weight excluding hydrogens is 654 g/mol. The first-order chi connectivity index (χ1) is 23.5. The van der Waals surface area contributed by atoms with Crippen LogP contribution in [0.4, 0.5) is 0 Å². The van der Waals surface area contributed by atoms with Gasteiger partial charge in [-0.05, 0) is 82.3 Å². The highest BCUT2D eigenvalue weighted by Crippen LogP contribution is 2.20. The molecule has 0 radical (unpaired) electrons. The molecule has 18 heteroatoms. The van der Waals surface area contributed by atoms with Gasteiger partial charge in [0.15, 0.2) is 0 Å². The van der Waals surface area contributed by atoms with Gasteiger partial charge in [-0.25, -0.2) is 0 Å². The number of carboxylic acid groups (broad SMARTS) is 2. The second kappa shape index (κ2) is 18.3. The minimum atomic E-state index is -1.49. The molecule has 0 spiro atoms. The molecule has 16 nitrogen and oxygen atoms in total. The first kappa shape index (κ1) is 39.7. The highest BCUT2D eigenvalue weighted by molar-refractivity contribution is 6.64. The van der Waals surface area contributed by atoms with E-state index in [9.17, 15) is 28.8 Å². The van der Waals surface area contributed by atoms with E-state index in [1.807, 2.05) is 0 Å². The Morgan fingerprint density at radius 3 is 1.64 bits per heavy atom. The van der Waals surface area contributed by atoms with Crippen LogP contribution in [0.3, 0.4) is 0 Å². The first-order valence-electron chi connectivity index (χ1n) is 15.9. The molecule has 3 fully saturated rings. The van der Waals surface area contributed by atoms with Crippen molar-refractivity contribution < 1.29 is 58.3 Å². The van der Waals surface area contributed by atoms with Crippen LogP contribution in [0.5, 0.6) is 0 Å². The highest BCUT2D eigenvalue weighted by Gasteiger charge is 2.34. The molecule has 2 aromatic carbocycles. The lowest BCUT2D eigenvalue weighted by atomic mass is 9.77. The summed E-state index contributed by atoms with van der Waals surface area (Å²) in [5, 5.41) is 40.1. The van der Waals surface area contributed by atoms with E-state index in [0.29, 0.717) is 28.1 Å². The Kier molecular flexibility index (Phi) is 14.5. The lowest BCUT2D eigenvalue weighted by molar-refractivity contribution is -0.146. The van der Waals surface area contributed by atoms with Gasteiger partial charge in [0.1, 0.15) is 0 Å². The van der Waals surface area contributed by atoms with Gasteiger partial charge in [-0.2, -0.15) is 0 Å². The molecule has 6 N–H and O–H groups in total. The van der Waals surface area contributed by atoms with Crippen molar-refractivity contribution in [2.75, 3.05) is 40.3 Å². The molecule has 50 heavy (non-hydrogen) atoms. The number of carbonyl (C=O) groups is 6. The summed E-state index contributed by atoms with van der Waals surface area (Å²) in [5.74, 6) is -3.19. The monoisotopic (exact) mass is 696 g/mol. The van der Waals surface area contributed by atoms with Gasteiger partial charge in [0, 0.05) is 28.7 Å². The van der Waals surface area contributed by atoms with Crippen molar-refractivity contribution in [1.29, 1.82) is 0 Å². The Balaban J connectivity index is 0.000000224. The molecule has 3 aliphatic rings. The van der Waals surface area contributed by atoms with Gasteiger partial charge in [-0.1, -0.05) is 24.3 Å². The molecule has 0 atom stereocenters. The summed E-state index contributed by atoms with van der Waals surface area (Å²) < 4.78 is 10.4. The smallest absolute Gasteiger partial charge is 0.494 e. The molecule has 0 bridgehead atoms. The highest BCUT2D eigenvalue weighted by atomic mass is 16.6. The fourth-order valence-corrected chi connectivity index (χ4v) is 4.66. The normalized spacial score (nSPS) is 15.9. The van der Waals surface area contributed by atoms with E-state index in [0.717, 1.165) is 36.8 Å². The maximum Gasteiger partial charge on any atom is 0.636 e. The Morgan fingerprint density at radius 2 is 1.26 bits per heavy atom. The van der Waals surface area contributed by atoms with E-state index in [2.05, 4.69) is 10.6 Å². The third-order valence-electron chi connectivity index (χ3n) is 7.47. The van der Waals surface area contributed by atoms with Crippen molar-refractivity contribution >= 4 is 60.9 Å². The third kappa shape index (κ3) is 13.6. The molecule has 0 aromatic heterocycles. The Hall–Kier alpha value is -4.77. The van der Waals surface area contributed by atoms with E-state index in [1.54, 1.807) is 57.3 Å². The average molecular weight is 696 g/mol. The number of aryl methyl sites for hydroxylation is 2. The summed E-state index contributed by atoms with van der Waals surface area (Å²) in [6.07, 6.45) is 4.15. The van der Waals surface area contributed by atoms with Crippen molar-refractivity contribution in [3.05, 3.63) is 58.7 Å². The molecule has 1 saturated heterocycles. The largest absolute Gasteiger partial charge is 0.636 e. The van der Waals surface area contributed by atoms with Crippen LogP contribution in [-0.4, -0.2) is 132 Å². The fourth-order valence-electron chi connectivity index (χ4n) is 4.66. The molecule has 268 valence electrons. The van der Waals surface area contributed by atoms with E-state index in [4.69, 9.17) is 29.6 Å². The van der Waals surface area contributed by atoms with E-state index >= 15 is 0 Å². The van der Waals surface area contributed by atoms with Crippen LogP contribution in [0.25, 0.3) is 0 Å². The number of carboxylic acids is 2. The minimum absolute atomic E-state index is 0.0203. The van der Waals surface area contributed by atoms with Gasteiger partial charge < -0.3 is 40.2 Å². The number of amides is 2. The second-order valence-corrected chi connectivity index (χ2v) is 12.5. The number of nitrogens with zero attached hydrogens (tertiary/aromatic N) is 2. The lowest BCUT2D eigenvalue weighted by Gasteiger charge is -2.22. The van der Waals surface area contributed by atoms with Crippen molar-refractivity contribution in [1.82, 2.24) is 20.4 Å². The summed E-state index contributed by atoms with van der Waals surface area (Å²) in [6.45, 7) is 3.14. The Bertz CT molecular complexity index is 1550. The SMILES string of the molecule is CN(CC(=O)O)CC(=O)O.Cc1cc(B(O)O)ccc1C(=O)NC1CC1.Cc1cc(B2OC(=O)CN(C)CC(=O)O2)ccc1C(=O)NC1CC1. The number of aliphatic carboxylic acids is 2. The standard InChI is InChI=1S/C16H19BN2O5.C11H14BNO3.C5H9NO4/c1-10-7-11(3-6-13(10)16(22)18-12-4-5-12)17-23-14(20)8-19(2)9-15(21)24-17;1-7-6-8(12(15)16)2-5-10(7)11(14)13-9-3-4-9;1-6(2-4(7)8)3-5(9)10/h3,6-7,12H,4-5,8-9H2,1-2H3,(H,18,22);2,5-6,9,15-16H,3-4H2,1H3,(H,13,14);2-3H2,1H3,(H,7,8)(H,9,10). The number of rotatable bonds is 10. The van der Waals surface area contributed by atoms with Gasteiger partial charge in [0.25, 0.3) is 11.8 Å². The molecule has 1 heterocycles. The maximum absolute atomic E-state index is 12.2. The van der Waals surface area contributed by atoms with Gasteiger partial charge in [0.05, 0.1) is 26.2 Å². The van der Waals surface area contributed by atoms with Crippen molar-refractivity contribution in [2.45, 2.75) is 51.6 Å². The van der Waals surface area contributed by atoms with Crippen LogP contribution in [0, 0.1) is 13.8 Å². The fraction of sp³-hybridized carbons (Fsp3) is 0.438. The number of likely N-dealkylation sites (N-methyl/N-ethyl adjacent to an activating group) is 2. The summed E-state index contributed by atoms with van der Waals surface area (Å²) in [7, 11) is 0.500. The zero-order chi connectivity index (χ0) is 37.1. The van der Waals surface area contributed by atoms with E-state index in [-0.39, 0.29) is 44.0 Å². The average Bonchev–Trinajstić information content (AvgIpc) is 3.93. The summed E-state index contributed by atoms with van der Waals surface area (Å²) >= 11 is 0. The molecular formula is C32H42B2N4O12. The Labute approximate surface area is 290 Å². The maximum atomic E-state index is 12.2. The number of carbonyl (C=O) groups excluding carboxylic acids is 4. The molecule has 5 rings (SSSR count). The number of hydrogen-bond donors (Lipinski definition) is 6. The van der Waals surface area contributed by atoms with Crippen LogP contribution in [0.15, 0.2) is 36.4 Å². The lowest BCUT2D eigenvalue weighted by Crippen LogP contribution is -2.48. The minimum Gasteiger partial charge on any atom is -0.494 e. The van der Waals surface area contributed by atoms with Crippen molar-refractivity contribution in [3.8, 4) is 0 Å². The zero-order valence-corrected chi connectivity index (χ0v) is 28.4. The van der Waals surface area contributed by atoms with Crippen molar-refractivity contribution in [3.63, 3.8) is 0 Å². The quantitative estimate of drug-likeness (QED) is 0.152. The Morgan fingerprint density at radius 1 is 0.820 bits per heavy atom. The number of hydrogen-bond acceptors (Lipinski definition) is 12. The van der Waals surface area contributed by atoms with E-state index in [1.165, 1.54) is 16.8 Å². The van der Waals surface area contributed by atoms with Crippen molar-refractivity contribution in [2.24, 2.45) is 0 Å². The molecule has 1 aliphatic heterocycles. The second-order valence-electron chi connectivity index (χ2n) is 12.5. The van der Waals surface area contributed by atoms with Gasteiger partial charge in [0.2, 0.25) is 0 Å². The van der Waals surface area contributed by atoms with Gasteiger partial charge >= 0.3 is 38.1 Å². The van der Waals surface area contributed by atoms with Gasteiger partial charge in [-0.15, -0.1) is 0 Å². The molecule has 0 unspecified atom stereocenters. The summed E-state index contributed by atoms with van der Waals surface area (Å²) in [5.41, 5.74) is 3.58. The van der Waals surface area contributed by atoms with Crippen LogP contribution >= 0.6 is 0 Å². The predicted molar refractivity (Wildman–Crippen MR) is 181 cm³/mol. The van der Waals surface area contributed by atoms with Crippen LogP contribution < -0.4 is 21.6 Å². The molecule has 2 amide bonds. The summed E-state index contributed by atoms with van der Waals surface area (Å²) in [4.78, 5) is 70.2. The third-order valence-corrected chi connectivity index (χ3v) is 7.47. The van der Waals surface area contributed by atoms with Crippen LogP contribution in [0.1, 0.15) is 57.5 Å². The van der Waals surface area contributed by atoms with Crippen LogP contribution in [0.2, 0.25) is 0 Å². The number of nitrogens with one attached hydrogen (secondary N) is 2. The van der Waals surface area contributed by atoms with Gasteiger partial charge in [-0.3, -0.25) is 38.6 Å². The molecule has 2 aliphatic carbocycles. The molecule has 2 saturated carbocycles. The van der Waals surface area contributed by atoms with Crippen LogP contribution in [-0.2, 0) is 28.5 Å². The van der Waals surface area contributed by atoms with E-state index < -0.39 is 38.1 Å².